The molecule has 0 bridgehead atoms. The number of carbonyl (C=O) groups excluding carboxylic acids is 1. The molecule has 0 radical (unpaired) electrons. The van der Waals surface area contributed by atoms with E-state index in [9.17, 15) is 14.9 Å². The van der Waals surface area contributed by atoms with Gasteiger partial charge in [-0.3, -0.25) is 14.9 Å². The van der Waals surface area contributed by atoms with E-state index in [4.69, 9.17) is 4.74 Å². The number of amides is 1. The highest BCUT2D eigenvalue weighted by Crippen LogP contribution is 2.25. The Morgan fingerprint density at radius 1 is 1.41 bits per heavy atom. The Bertz CT molecular complexity index is 572. The van der Waals surface area contributed by atoms with Crippen molar-refractivity contribution in [2.45, 2.75) is 12.8 Å². The van der Waals surface area contributed by atoms with E-state index in [1.807, 2.05) is 0 Å². The summed E-state index contributed by atoms with van der Waals surface area (Å²) >= 11 is 0. The average molecular weight is 305 g/mol. The van der Waals surface area contributed by atoms with Crippen molar-refractivity contribution in [1.82, 2.24) is 10.6 Å². The number of para-hydroxylation sites is 2. The van der Waals surface area contributed by atoms with Crippen LogP contribution < -0.4 is 15.4 Å². The van der Waals surface area contributed by atoms with E-state index in [2.05, 4.69) is 16.7 Å². The molecule has 7 nitrogen and oxygen atoms in total. The molecule has 0 aromatic heterocycles. The molecule has 0 spiro atoms. The Morgan fingerprint density at radius 2 is 2.23 bits per heavy atom. The summed E-state index contributed by atoms with van der Waals surface area (Å²) in [6.45, 7) is 2.43. The zero-order chi connectivity index (χ0) is 15.8. The number of hydrogen-bond donors (Lipinski definition) is 2. The van der Waals surface area contributed by atoms with Crippen molar-refractivity contribution in [2.24, 2.45) is 0 Å². The monoisotopic (exact) mass is 305 g/mol. The Hall–Kier alpha value is -2.41. The third kappa shape index (κ3) is 4.85. The fourth-order valence-corrected chi connectivity index (χ4v) is 2.11. The molecule has 1 aliphatic heterocycles. The topological polar surface area (TPSA) is 93.5 Å². The van der Waals surface area contributed by atoms with Crippen LogP contribution in [-0.2, 0) is 4.79 Å². The summed E-state index contributed by atoms with van der Waals surface area (Å²) in [5.74, 6) is 0.0550. The van der Waals surface area contributed by atoms with Crippen LogP contribution in [0.2, 0.25) is 0 Å². The summed E-state index contributed by atoms with van der Waals surface area (Å²) in [6, 6.07) is 6.13. The van der Waals surface area contributed by atoms with E-state index < -0.39 is 4.92 Å². The standard InChI is InChI=1S/C15H19N3O4/c19-15(17-11-12-5-8-16-9-6-12)7-10-22-14-4-2-1-3-13(14)18(20)21/h1-5,16H,6-11H2,(H,17,19). The fraction of sp³-hybridized carbons (Fsp3) is 0.400. The molecule has 7 heteroatoms. The Balaban J connectivity index is 1.73. The van der Waals surface area contributed by atoms with Crippen LogP contribution in [0.3, 0.4) is 0 Å². The van der Waals surface area contributed by atoms with Crippen LogP contribution in [0.5, 0.6) is 5.75 Å². The zero-order valence-corrected chi connectivity index (χ0v) is 12.2. The quantitative estimate of drug-likeness (QED) is 0.451. The van der Waals surface area contributed by atoms with Gasteiger partial charge < -0.3 is 15.4 Å². The third-order valence-corrected chi connectivity index (χ3v) is 3.32. The van der Waals surface area contributed by atoms with Crippen LogP contribution in [0.4, 0.5) is 5.69 Å². The molecule has 0 aliphatic carbocycles. The number of carbonyl (C=O) groups is 1. The molecule has 0 unspecified atom stereocenters. The first-order valence-corrected chi connectivity index (χ1v) is 7.18. The van der Waals surface area contributed by atoms with Crippen LogP contribution in [-0.4, -0.2) is 37.1 Å². The first-order valence-electron chi connectivity index (χ1n) is 7.18. The summed E-state index contributed by atoms with van der Waals surface area (Å²) in [5, 5.41) is 16.9. The van der Waals surface area contributed by atoms with Crippen molar-refractivity contribution >= 4 is 11.6 Å². The average Bonchev–Trinajstić information content (AvgIpc) is 2.54. The normalized spacial score (nSPS) is 14.1. The van der Waals surface area contributed by atoms with Gasteiger partial charge >= 0.3 is 5.69 Å². The van der Waals surface area contributed by atoms with E-state index in [1.165, 1.54) is 17.7 Å². The smallest absolute Gasteiger partial charge is 0.310 e. The van der Waals surface area contributed by atoms with E-state index in [1.54, 1.807) is 12.1 Å². The molecule has 1 heterocycles. The zero-order valence-electron chi connectivity index (χ0n) is 12.2. The lowest BCUT2D eigenvalue weighted by Gasteiger charge is -2.14. The molecule has 0 atom stereocenters. The molecule has 22 heavy (non-hydrogen) atoms. The summed E-state index contributed by atoms with van der Waals surface area (Å²) in [4.78, 5) is 22.1. The summed E-state index contributed by atoms with van der Waals surface area (Å²) in [5.41, 5.74) is 1.12. The number of hydrogen-bond acceptors (Lipinski definition) is 5. The van der Waals surface area contributed by atoms with Crippen molar-refractivity contribution in [3.05, 3.63) is 46.0 Å². The van der Waals surface area contributed by atoms with E-state index in [0.29, 0.717) is 6.54 Å². The summed E-state index contributed by atoms with van der Waals surface area (Å²) < 4.78 is 5.33. The van der Waals surface area contributed by atoms with Crippen LogP contribution >= 0.6 is 0 Å². The van der Waals surface area contributed by atoms with Crippen molar-refractivity contribution in [2.75, 3.05) is 26.2 Å². The van der Waals surface area contributed by atoms with E-state index in [0.717, 1.165) is 19.5 Å². The predicted molar refractivity (Wildman–Crippen MR) is 81.8 cm³/mol. The Labute approximate surface area is 128 Å². The van der Waals surface area contributed by atoms with Crippen molar-refractivity contribution in [3.8, 4) is 5.75 Å². The molecule has 0 saturated carbocycles. The molecule has 2 rings (SSSR count). The molecule has 118 valence electrons. The number of nitrogens with one attached hydrogen (secondary N) is 2. The van der Waals surface area contributed by atoms with Gasteiger partial charge in [-0.2, -0.15) is 0 Å². The lowest BCUT2D eigenvalue weighted by Crippen LogP contribution is -2.30. The minimum Gasteiger partial charge on any atom is -0.486 e. The van der Waals surface area contributed by atoms with Crippen molar-refractivity contribution in [3.63, 3.8) is 0 Å². The molecule has 1 aromatic rings. The highest BCUT2D eigenvalue weighted by atomic mass is 16.6. The van der Waals surface area contributed by atoms with E-state index in [-0.39, 0.29) is 30.4 Å². The van der Waals surface area contributed by atoms with Gasteiger partial charge in [0.1, 0.15) is 0 Å². The lowest BCUT2D eigenvalue weighted by molar-refractivity contribution is -0.385. The third-order valence-electron chi connectivity index (χ3n) is 3.32. The van der Waals surface area contributed by atoms with Gasteiger partial charge in [-0.05, 0) is 19.0 Å². The molecule has 2 N–H and O–H groups in total. The number of nitrogens with zero attached hydrogens (tertiary/aromatic N) is 1. The largest absolute Gasteiger partial charge is 0.486 e. The SMILES string of the molecule is O=C(CCOc1ccccc1[N+](=O)[O-])NCC1=CCNCC1. The summed E-state index contributed by atoms with van der Waals surface area (Å²) in [6.07, 6.45) is 3.18. The fourth-order valence-electron chi connectivity index (χ4n) is 2.11. The second-order valence-electron chi connectivity index (χ2n) is 4.92. The molecule has 0 fully saturated rings. The first kappa shape index (κ1) is 16.0. The van der Waals surface area contributed by atoms with Crippen LogP contribution in [0, 0.1) is 10.1 Å². The van der Waals surface area contributed by atoms with Gasteiger partial charge in [0.05, 0.1) is 18.0 Å². The van der Waals surface area contributed by atoms with E-state index >= 15 is 0 Å². The highest BCUT2D eigenvalue weighted by Gasteiger charge is 2.14. The van der Waals surface area contributed by atoms with Gasteiger partial charge in [-0.25, -0.2) is 0 Å². The van der Waals surface area contributed by atoms with Crippen molar-refractivity contribution < 1.29 is 14.5 Å². The second kappa shape index (κ2) is 8.14. The maximum atomic E-state index is 11.7. The minimum atomic E-state index is -0.501. The van der Waals surface area contributed by atoms with Crippen LogP contribution in [0.25, 0.3) is 0 Å². The van der Waals surface area contributed by atoms with Gasteiger partial charge in [-0.1, -0.05) is 23.8 Å². The van der Waals surface area contributed by atoms with Gasteiger partial charge in [-0.15, -0.1) is 0 Å². The number of benzene rings is 1. The highest BCUT2D eigenvalue weighted by molar-refractivity contribution is 5.76. The van der Waals surface area contributed by atoms with Crippen LogP contribution in [0.1, 0.15) is 12.8 Å². The Kier molecular flexibility index (Phi) is 5.91. The van der Waals surface area contributed by atoms with Crippen molar-refractivity contribution in [1.29, 1.82) is 0 Å². The number of ether oxygens (including phenoxy) is 1. The van der Waals surface area contributed by atoms with Gasteiger partial charge in [0.15, 0.2) is 5.75 Å². The number of nitro benzene ring substituents is 1. The molecular formula is C15H19N3O4. The van der Waals surface area contributed by atoms with Crippen LogP contribution in [0.15, 0.2) is 35.9 Å². The molecule has 1 amide bonds. The maximum absolute atomic E-state index is 11.7. The molecule has 1 aliphatic rings. The second-order valence-corrected chi connectivity index (χ2v) is 4.92. The number of rotatable bonds is 7. The van der Waals surface area contributed by atoms with Gasteiger partial charge in [0.25, 0.3) is 0 Å². The molecule has 1 aromatic carbocycles. The predicted octanol–water partition coefficient (Wildman–Crippen LogP) is 1.40. The maximum Gasteiger partial charge on any atom is 0.310 e. The van der Waals surface area contributed by atoms with Gasteiger partial charge in [0.2, 0.25) is 5.91 Å². The molecule has 0 saturated heterocycles. The number of nitro groups is 1. The summed E-state index contributed by atoms with van der Waals surface area (Å²) in [7, 11) is 0. The van der Waals surface area contributed by atoms with Gasteiger partial charge in [0, 0.05) is 19.2 Å². The lowest BCUT2D eigenvalue weighted by atomic mass is 10.1. The first-order chi connectivity index (χ1) is 10.7. The minimum absolute atomic E-state index is 0.0947. The Morgan fingerprint density at radius 3 is 2.95 bits per heavy atom. The molecular weight excluding hydrogens is 286 g/mol.